The van der Waals surface area contributed by atoms with Crippen molar-refractivity contribution in [2.24, 2.45) is 0 Å². The molecular formula is C21H22ClN5O2. The van der Waals surface area contributed by atoms with E-state index < -0.39 is 0 Å². The average molecular weight is 412 g/mol. The number of anilines is 1. The first-order chi connectivity index (χ1) is 14.1. The van der Waals surface area contributed by atoms with E-state index in [0.717, 1.165) is 29.8 Å². The van der Waals surface area contributed by atoms with E-state index in [9.17, 15) is 9.59 Å². The maximum Gasteiger partial charge on any atom is 0.256 e. The summed E-state index contributed by atoms with van der Waals surface area (Å²) in [7, 11) is 1.59. The largest absolute Gasteiger partial charge is 0.358 e. The molecule has 0 saturated carbocycles. The van der Waals surface area contributed by atoms with Crippen LogP contribution in [0.1, 0.15) is 10.4 Å². The van der Waals surface area contributed by atoms with E-state index in [1.165, 1.54) is 0 Å². The van der Waals surface area contributed by atoms with Crippen molar-refractivity contribution in [3.63, 3.8) is 0 Å². The number of hydrogen-bond donors (Lipinski definition) is 1. The number of pyridine rings is 1. The average Bonchev–Trinajstić information content (AvgIpc) is 3.11. The molecule has 0 aliphatic carbocycles. The minimum Gasteiger partial charge on any atom is -0.358 e. The maximum atomic E-state index is 13.3. The topological polar surface area (TPSA) is 70.5 Å². The predicted molar refractivity (Wildman–Crippen MR) is 113 cm³/mol. The number of carbonyl (C=O) groups excluding carboxylic acids is 2. The summed E-state index contributed by atoms with van der Waals surface area (Å²) >= 11 is 6.15. The van der Waals surface area contributed by atoms with Crippen LogP contribution in [-0.2, 0) is 11.3 Å². The van der Waals surface area contributed by atoms with Crippen molar-refractivity contribution in [1.82, 2.24) is 19.8 Å². The summed E-state index contributed by atoms with van der Waals surface area (Å²) < 4.78 is 1.78. The van der Waals surface area contributed by atoms with Gasteiger partial charge in [-0.2, -0.15) is 0 Å². The molecule has 1 N–H and O–H groups in total. The standard InChI is InChI=1S/C21H22ClN5O2/c1-23-20(28)14-27-13-17(16-6-5-15(22)12-18(16)27)21(29)26-10-8-25(9-11-26)19-4-2-3-7-24-19/h2-7,12-13H,8-11,14H2,1H3,(H,23,28). The van der Waals surface area contributed by atoms with Crippen molar-refractivity contribution >= 4 is 40.1 Å². The van der Waals surface area contributed by atoms with E-state index in [4.69, 9.17) is 11.6 Å². The zero-order valence-corrected chi connectivity index (χ0v) is 16.9. The van der Waals surface area contributed by atoms with Gasteiger partial charge in [-0.1, -0.05) is 23.7 Å². The molecule has 4 rings (SSSR count). The Morgan fingerprint density at radius 1 is 1.14 bits per heavy atom. The highest BCUT2D eigenvalue weighted by atomic mass is 35.5. The number of piperazine rings is 1. The molecule has 2 amide bonds. The molecule has 0 bridgehead atoms. The predicted octanol–water partition coefficient (Wildman–Crippen LogP) is 2.40. The molecule has 1 aromatic carbocycles. The van der Waals surface area contributed by atoms with Crippen LogP contribution in [0.25, 0.3) is 10.9 Å². The molecule has 29 heavy (non-hydrogen) atoms. The van der Waals surface area contributed by atoms with Gasteiger partial charge < -0.3 is 19.7 Å². The van der Waals surface area contributed by atoms with Crippen LogP contribution in [0, 0.1) is 0 Å². The number of fused-ring (bicyclic) bond motifs is 1. The van der Waals surface area contributed by atoms with E-state index in [1.807, 2.05) is 29.2 Å². The van der Waals surface area contributed by atoms with Crippen molar-refractivity contribution < 1.29 is 9.59 Å². The van der Waals surface area contributed by atoms with Crippen LogP contribution in [0.3, 0.4) is 0 Å². The first-order valence-corrected chi connectivity index (χ1v) is 9.89. The zero-order chi connectivity index (χ0) is 20.4. The molecule has 2 aromatic heterocycles. The van der Waals surface area contributed by atoms with Crippen molar-refractivity contribution in [3.8, 4) is 0 Å². The molecule has 0 radical (unpaired) electrons. The van der Waals surface area contributed by atoms with Crippen LogP contribution in [0.2, 0.25) is 5.02 Å². The molecule has 8 heteroatoms. The highest BCUT2D eigenvalue weighted by Crippen LogP contribution is 2.26. The Labute approximate surface area is 173 Å². The summed E-state index contributed by atoms with van der Waals surface area (Å²) in [6.45, 7) is 2.82. The van der Waals surface area contributed by atoms with Gasteiger partial charge in [-0.15, -0.1) is 0 Å². The molecule has 0 atom stereocenters. The Balaban J connectivity index is 1.57. The van der Waals surface area contributed by atoms with Crippen LogP contribution in [0.4, 0.5) is 5.82 Å². The number of nitrogens with zero attached hydrogens (tertiary/aromatic N) is 4. The van der Waals surface area contributed by atoms with Crippen LogP contribution < -0.4 is 10.2 Å². The van der Waals surface area contributed by atoms with E-state index in [-0.39, 0.29) is 18.4 Å². The Morgan fingerprint density at radius 3 is 2.62 bits per heavy atom. The van der Waals surface area contributed by atoms with Crippen LogP contribution in [0.15, 0.2) is 48.8 Å². The molecule has 150 valence electrons. The maximum absolute atomic E-state index is 13.3. The Bertz CT molecular complexity index is 1040. The summed E-state index contributed by atoms with van der Waals surface area (Å²) in [5.74, 6) is 0.759. The zero-order valence-electron chi connectivity index (χ0n) is 16.1. The molecule has 3 heterocycles. The lowest BCUT2D eigenvalue weighted by molar-refractivity contribution is -0.121. The number of nitrogens with one attached hydrogen (secondary N) is 1. The lowest BCUT2D eigenvalue weighted by atomic mass is 10.1. The second kappa shape index (κ2) is 8.13. The second-order valence-electron chi connectivity index (χ2n) is 6.97. The third-order valence-electron chi connectivity index (χ3n) is 5.21. The molecular weight excluding hydrogens is 390 g/mol. The van der Waals surface area contributed by atoms with Gasteiger partial charge in [-0.25, -0.2) is 4.98 Å². The SMILES string of the molecule is CNC(=O)Cn1cc(C(=O)N2CCN(c3ccccn3)CC2)c2ccc(Cl)cc21. The van der Waals surface area contributed by atoms with Gasteiger partial charge in [-0.3, -0.25) is 9.59 Å². The lowest BCUT2D eigenvalue weighted by Crippen LogP contribution is -2.49. The quantitative estimate of drug-likeness (QED) is 0.715. The minimum atomic E-state index is -0.134. The number of halogens is 1. The van der Waals surface area contributed by atoms with Crippen molar-refractivity contribution in [1.29, 1.82) is 0 Å². The first kappa shape index (κ1) is 19.3. The number of carbonyl (C=O) groups is 2. The van der Waals surface area contributed by atoms with Gasteiger partial charge in [0.15, 0.2) is 0 Å². The Hall–Kier alpha value is -3.06. The lowest BCUT2D eigenvalue weighted by Gasteiger charge is -2.35. The Morgan fingerprint density at radius 2 is 1.93 bits per heavy atom. The van der Waals surface area contributed by atoms with Crippen LogP contribution in [-0.4, -0.2) is 59.5 Å². The van der Waals surface area contributed by atoms with Crippen molar-refractivity contribution in [2.45, 2.75) is 6.54 Å². The van der Waals surface area contributed by atoms with Gasteiger partial charge in [0, 0.05) is 56.0 Å². The first-order valence-electron chi connectivity index (χ1n) is 9.51. The minimum absolute atomic E-state index is 0.0337. The van der Waals surface area contributed by atoms with Gasteiger partial charge in [-0.05, 0) is 24.3 Å². The van der Waals surface area contributed by atoms with Crippen molar-refractivity contribution in [2.75, 3.05) is 38.1 Å². The monoisotopic (exact) mass is 411 g/mol. The fourth-order valence-electron chi connectivity index (χ4n) is 3.65. The van der Waals surface area contributed by atoms with Gasteiger partial charge in [0.2, 0.25) is 5.91 Å². The van der Waals surface area contributed by atoms with Gasteiger partial charge in [0.25, 0.3) is 5.91 Å². The summed E-state index contributed by atoms with van der Waals surface area (Å²) in [4.78, 5) is 33.6. The van der Waals surface area contributed by atoms with Crippen LogP contribution in [0.5, 0.6) is 0 Å². The molecule has 1 aliphatic heterocycles. The third kappa shape index (κ3) is 3.91. The van der Waals surface area contributed by atoms with Crippen molar-refractivity contribution in [3.05, 3.63) is 59.4 Å². The van der Waals surface area contributed by atoms with E-state index in [1.54, 1.807) is 36.1 Å². The normalized spacial score (nSPS) is 14.3. The molecule has 3 aromatic rings. The van der Waals surface area contributed by atoms with E-state index >= 15 is 0 Å². The van der Waals surface area contributed by atoms with Gasteiger partial charge in [0.1, 0.15) is 12.4 Å². The van der Waals surface area contributed by atoms with E-state index in [0.29, 0.717) is 23.7 Å². The number of rotatable bonds is 4. The van der Waals surface area contributed by atoms with Crippen LogP contribution >= 0.6 is 11.6 Å². The molecule has 1 fully saturated rings. The molecule has 7 nitrogen and oxygen atoms in total. The highest BCUT2D eigenvalue weighted by Gasteiger charge is 2.25. The Kier molecular flexibility index (Phi) is 5.40. The van der Waals surface area contributed by atoms with E-state index in [2.05, 4.69) is 15.2 Å². The number of benzene rings is 1. The fourth-order valence-corrected chi connectivity index (χ4v) is 3.82. The molecule has 1 saturated heterocycles. The summed E-state index contributed by atoms with van der Waals surface area (Å²) in [6, 6.07) is 11.2. The van der Waals surface area contributed by atoms with Gasteiger partial charge >= 0.3 is 0 Å². The summed E-state index contributed by atoms with van der Waals surface area (Å²) in [5.41, 5.74) is 1.36. The number of likely N-dealkylation sites (N-methyl/N-ethyl adjacent to an activating group) is 1. The fraction of sp³-hybridized carbons (Fsp3) is 0.286. The molecule has 0 spiro atoms. The summed E-state index contributed by atoms with van der Waals surface area (Å²) in [6.07, 6.45) is 3.53. The molecule has 0 unspecified atom stereocenters. The number of aromatic nitrogens is 2. The second-order valence-corrected chi connectivity index (χ2v) is 7.41. The third-order valence-corrected chi connectivity index (χ3v) is 5.44. The smallest absolute Gasteiger partial charge is 0.256 e. The van der Waals surface area contributed by atoms with Gasteiger partial charge in [0.05, 0.1) is 11.1 Å². The molecule has 1 aliphatic rings. The number of amides is 2. The highest BCUT2D eigenvalue weighted by molar-refractivity contribution is 6.31. The summed E-state index contributed by atoms with van der Waals surface area (Å²) in [5, 5.41) is 3.98. The number of hydrogen-bond acceptors (Lipinski definition) is 4.